The maximum atomic E-state index is 12.6. The Hall–Kier alpha value is 1.23. The maximum Gasteiger partial charge on any atom is 0.255 e. The molecule has 0 saturated carbocycles. The standard InChI is InChI=1S/C15H8I5NO2/c1-6(22)7-2-11(18)14(12(19)3-7)21-15(23)8-4-9(16)13(20)10(17)5-8/h2-5H,1H3,(H,21,23). The summed E-state index contributed by atoms with van der Waals surface area (Å²) in [7, 11) is 0. The van der Waals surface area contributed by atoms with Gasteiger partial charge in [-0.1, -0.05) is 0 Å². The van der Waals surface area contributed by atoms with Crippen LogP contribution in [0.3, 0.4) is 0 Å². The zero-order chi connectivity index (χ0) is 17.3. The van der Waals surface area contributed by atoms with E-state index in [0.29, 0.717) is 11.1 Å². The lowest BCUT2D eigenvalue weighted by atomic mass is 10.1. The average Bonchev–Trinajstić information content (AvgIpc) is 2.47. The van der Waals surface area contributed by atoms with Crippen molar-refractivity contribution in [2.75, 3.05) is 5.32 Å². The van der Waals surface area contributed by atoms with Crippen molar-refractivity contribution in [3.63, 3.8) is 0 Å². The summed E-state index contributed by atoms with van der Waals surface area (Å²) in [4.78, 5) is 24.1. The first-order valence-corrected chi connectivity index (χ1v) is 11.6. The fourth-order valence-corrected chi connectivity index (χ4v) is 5.89. The zero-order valence-corrected chi connectivity index (χ0v) is 22.3. The summed E-state index contributed by atoms with van der Waals surface area (Å²) in [5, 5.41) is 2.96. The van der Waals surface area contributed by atoms with E-state index in [1.54, 1.807) is 12.1 Å². The average molecular weight is 869 g/mol. The number of benzene rings is 2. The molecule has 2 aromatic rings. The molecule has 1 N–H and O–H groups in total. The molecule has 0 aliphatic heterocycles. The van der Waals surface area contributed by atoms with Crippen molar-refractivity contribution in [1.29, 1.82) is 0 Å². The number of hydrogen-bond donors (Lipinski definition) is 1. The molecule has 0 radical (unpaired) electrons. The van der Waals surface area contributed by atoms with Crippen LogP contribution in [0.1, 0.15) is 27.6 Å². The second-order valence-corrected chi connectivity index (χ2v) is 10.3. The molecule has 2 aromatic carbocycles. The molecule has 0 fully saturated rings. The van der Waals surface area contributed by atoms with Crippen molar-refractivity contribution < 1.29 is 9.59 Å². The summed E-state index contributed by atoms with van der Waals surface area (Å²) in [5.41, 5.74) is 2.02. The highest BCUT2D eigenvalue weighted by Gasteiger charge is 2.15. The Kier molecular flexibility index (Phi) is 7.81. The second kappa shape index (κ2) is 8.75. The number of nitrogens with one attached hydrogen (secondary N) is 1. The zero-order valence-electron chi connectivity index (χ0n) is 11.5. The highest BCUT2D eigenvalue weighted by Crippen LogP contribution is 2.28. The van der Waals surface area contributed by atoms with Crippen molar-refractivity contribution in [2.45, 2.75) is 6.92 Å². The van der Waals surface area contributed by atoms with Gasteiger partial charge in [0, 0.05) is 29.0 Å². The van der Waals surface area contributed by atoms with Crippen LogP contribution in [0.4, 0.5) is 5.69 Å². The number of carbonyl (C=O) groups is 2. The summed E-state index contributed by atoms with van der Waals surface area (Å²) in [5.74, 6) is -0.135. The Balaban J connectivity index is 2.36. The molecular weight excluding hydrogens is 861 g/mol. The first kappa shape index (κ1) is 20.5. The third kappa shape index (κ3) is 5.12. The van der Waals surface area contributed by atoms with Gasteiger partial charge in [0.15, 0.2) is 5.78 Å². The van der Waals surface area contributed by atoms with Crippen LogP contribution in [0, 0.1) is 17.9 Å². The number of halogens is 5. The predicted molar refractivity (Wildman–Crippen MR) is 134 cm³/mol. The first-order valence-electron chi connectivity index (χ1n) is 6.16. The van der Waals surface area contributed by atoms with Crippen molar-refractivity contribution in [3.8, 4) is 0 Å². The van der Waals surface area contributed by atoms with Gasteiger partial charge in [0.25, 0.3) is 5.91 Å². The minimum absolute atomic E-state index is 0.0143. The van der Waals surface area contributed by atoms with E-state index in [0.717, 1.165) is 23.5 Å². The topological polar surface area (TPSA) is 46.2 Å². The molecule has 0 unspecified atom stereocenters. The van der Waals surface area contributed by atoms with Crippen molar-refractivity contribution in [1.82, 2.24) is 0 Å². The Morgan fingerprint density at radius 3 is 1.65 bits per heavy atom. The van der Waals surface area contributed by atoms with Gasteiger partial charge in [0.1, 0.15) is 0 Å². The molecule has 3 nitrogen and oxygen atoms in total. The van der Waals surface area contributed by atoms with Crippen LogP contribution in [0.15, 0.2) is 24.3 Å². The number of anilines is 1. The lowest BCUT2D eigenvalue weighted by Gasteiger charge is -2.12. The fraction of sp³-hybridized carbons (Fsp3) is 0.0667. The second-order valence-electron chi connectivity index (χ2n) is 4.58. The molecule has 0 saturated heterocycles. The lowest BCUT2D eigenvalue weighted by molar-refractivity contribution is 0.101. The number of carbonyl (C=O) groups excluding carboxylic acids is 2. The number of hydrogen-bond acceptors (Lipinski definition) is 2. The van der Waals surface area contributed by atoms with Gasteiger partial charge in [-0.25, -0.2) is 0 Å². The first-order chi connectivity index (χ1) is 10.7. The van der Waals surface area contributed by atoms with Crippen LogP contribution in [-0.4, -0.2) is 11.7 Å². The summed E-state index contributed by atoms with van der Waals surface area (Å²) in [6.07, 6.45) is 0. The smallest absolute Gasteiger partial charge is 0.255 e. The predicted octanol–water partition coefficient (Wildman–Crippen LogP) is 6.16. The van der Waals surface area contributed by atoms with Crippen LogP contribution in [-0.2, 0) is 0 Å². The molecule has 0 aromatic heterocycles. The van der Waals surface area contributed by atoms with Gasteiger partial charge < -0.3 is 5.32 Å². The normalized spacial score (nSPS) is 10.5. The van der Waals surface area contributed by atoms with Crippen molar-refractivity contribution in [2.24, 2.45) is 0 Å². The van der Waals surface area contributed by atoms with Gasteiger partial charge in [-0.3, -0.25) is 9.59 Å². The number of amides is 1. The summed E-state index contributed by atoms with van der Waals surface area (Å²) >= 11 is 11.0. The molecule has 0 aliphatic carbocycles. The van der Waals surface area contributed by atoms with Crippen molar-refractivity contribution >= 4 is 130 Å². The van der Waals surface area contributed by atoms with Gasteiger partial charge in [-0.05, 0) is 144 Å². The third-order valence-electron chi connectivity index (χ3n) is 2.93. The van der Waals surface area contributed by atoms with Crippen LogP contribution in [0.5, 0.6) is 0 Å². The van der Waals surface area contributed by atoms with Crippen LogP contribution >= 0.6 is 113 Å². The highest BCUT2D eigenvalue weighted by atomic mass is 127. The largest absolute Gasteiger partial charge is 0.320 e. The van der Waals surface area contributed by atoms with Gasteiger partial charge in [-0.2, -0.15) is 0 Å². The molecule has 1 amide bonds. The highest BCUT2D eigenvalue weighted by molar-refractivity contribution is 14.1. The number of ketones is 1. The molecule has 2 rings (SSSR count). The van der Waals surface area contributed by atoms with E-state index < -0.39 is 0 Å². The van der Waals surface area contributed by atoms with E-state index in [-0.39, 0.29) is 11.7 Å². The molecule has 23 heavy (non-hydrogen) atoms. The maximum absolute atomic E-state index is 12.6. The third-order valence-corrected chi connectivity index (χ3v) is 9.56. The lowest BCUT2D eigenvalue weighted by Crippen LogP contribution is -2.15. The van der Waals surface area contributed by atoms with Crippen LogP contribution < -0.4 is 5.32 Å². The molecule has 0 heterocycles. The van der Waals surface area contributed by atoms with Gasteiger partial charge in [-0.15, -0.1) is 0 Å². The molecule has 0 atom stereocenters. The molecule has 8 heteroatoms. The number of Topliss-reactive ketones (excluding diaryl/α,β-unsaturated/α-hetero) is 1. The van der Waals surface area contributed by atoms with E-state index in [4.69, 9.17) is 0 Å². The van der Waals surface area contributed by atoms with Gasteiger partial charge >= 0.3 is 0 Å². The van der Waals surface area contributed by atoms with E-state index >= 15 is 0 Å². The van der Waals surface area contributed by atoms with Gasteiger partial charge in [0.05, 0.1) is 5.69 Å². The minimum Gasteiger partial charge on any atom is -0.320 e. The summed E-state index contributed by atoms with van der Waals surface area (Å²) < 4.78 is 4.95. The van der Waals surface area contributed by atoms with Crippen molar-refractivity contribution in [3.05, 3.63) is 53.2 Å². The Labute approximate surface area is 202 Å². The van der Waals surface area contributed by atoms with E-state index in [9.17, 15) is 9.59 Å². The van der Waals surface area contributed by atoms with Crippen LogP contribution in [0.25, 0.3) is 0 Å². The monoisotopic (exact) mass is 869 g/mol. The Morgan fingerprint density at radius 2 is 1.22 bits per heavy atom. The Morgan fingerprint density at radius 1 is 0.783 bits per heavy atom. The summed E-state index contributed by atoms with van der Waals surface area (Å²) in [6.45, 7) is 1.54. The van der Waals surface area contributed by atoms with Gasteiger partial charge in [0.2, 0.25) is 0 Å². The number of rotatable bonds is 3. The Bertz CT molecular complexity index is 773. The minimum atomic E-state index is -0.149. The molecular formula is C15H8I5NO2. The van der Waals surface area contributed by atoms with E-state index in [1.165, 1.54) is 6.92 Å². The molecule has 0 bridgehead atoms. The van der Waals surface area contributed by atoms with Crippen LogP contribution in [0.2, 0.25) is 0 Å². The van der Waals surface area contributed by atoms with E-state index in [2.05, 4.69) is 118 Å². The fourth-order valence-electron chi connectivity index (χ4n) is 1.77. The molecule has 0 spiro atoms. The quantitative estimate of drug-likeness (QED) is 0.229. The van der Waals surface area contributed by atoms with E-state index in [1.807, 2.05) is 12.1 Å². The SMILES string of the molecule is CC(=O)c1cc(I)c(NC(=O)c2cc(I)c(I)c(I)c2)c(I)c1. The summed E-state index contributed by atoms with van der Waals surface area (Å²) in [6, 6.07) is 7.34. The molecule has 0 aliphatic rings. The molecule has 120 valence electrons.